The van der Waals surface area contributed by atoms with Crippen LogP contribution in [0.25, 0.3) is 11.1 Å². The summed E-state index contributed by atoms with van der Waals surface area (Å²) in [6.07, 6.45) is 1.41. The lowest BCUT2D eigenvalue weighted by molar-refractivity contribution is 0.0325. The van der Waals surface area contributed by atoms with Crippen LogP contribution in [0.15, 0.2) is 60.8 Å². The van der Waals surface area contributed by atoms with E-state index in [4.69, 9.17) is 14.6 Å². The Labute approximate surface area is 228 Å². The monoisotopic (exact) mass is 533 g/mol. The van der Waals surface area contributed by atoms with Crippen molar-refractivity contribution in [2.24, 2.45) is 5.92 Å². The second-order valence-corrected chi connectivity index (χ2v) is 10.1. The van der Waals surface area contributed by atoms with E-state index in [1.54, 1.807) is 36.4 Å². The predicted octanol–water partition coefficient (Wildman–Crippen LogP) is 3.81. The number of pyridine rings is 1. The van der Waals surface area contributed by atoms with E-state index in [0.29, 0.717) is 25.2 Å². The zero-order valence-electron chi connectivity index (χ0n) is 22.7. The number of carboxylic acid groups (broad SMARTS) is 1. The number of methoxy groups -OCH3 is 1. The third kappa shape index (κ3) is 6.55. The Balaban J connectivity index is 1.61. The summed E-state index contributed by atoms with van der Waals surface area (Å²) in [5, 5.41) is 19.1. The first kappa shape index (κ1) is 28.1. The van der Waals surface area contributed by atoms with Crippen LogP contribution in [0.4, 0.5) is 0 Å². The number of hydrogen-bond acceptors (Lipinski definition) is 7. The summed E-state index contributed by atoms with van der Waals surface area (Å²) in [5.41, 5.74) is 3.25. The van der Waals surface area contributed by atoms with E-state index < -0.39 is 5.97 Å². The van der Waals surface area contributed by atoms with Gasteiger partial charge in [-0.1, -0.05) is 31.2 Å². The average Bonchev–Trinajstić information content (AvgIpc) is 2.94. The van der Waals surface area contributed by atoms with E-state index in [-0.39, 0.29) is 42.0 Å². The molecule has 3 aromatic rings. The van der Waals surface area contributed by atoms with Crippen LogP contribution in [0.3, 0.4) is 0 Å². The van der Waals surface area contributed by atoms with Gasteiger partial charge < -0.3 is 24.6 Å². The molecule has 1 aliphatic heterocycles. The molecule has 0 unspecified atom stereocenters. The van der Waals surface area contributed by atoms with Crippen molar-refractivity contribution in [2.75, 3.05) is 33.9 Å². The van der Waals surface area contributed by atoms with Gasteiger partial charge in [0.2, 0.25) is 5.88 Å². The number of carbonyl (C=O) groups is 2. The minimum Gasteiger partial charge on any atom is -0.497 e. The van der Waals surface area contributed by atoms with Gasteiger partial charge in [-0.25, -0.2) is 9.78 Å². The van der Waals surface area contributed by atoms with Gasteiger partial charge in [-0.3, -0.25) is 9.69 Å². The number of nitrogens with zero attached hydrogens (tertiary/aromatic N) is 3. The molecule has 1 aromatic heterocycles. The summed E-state index contributed by atoms with van der Waals surface area (Å²) in [6, 6.07) is 15.8. The van der Waals surface area contributed by atoms with Crippen molar-refractivity contribution >= 4 is 11.9 Å². The molecule has 9 heteroatoms. The molecule has 2 aromatic carbocycles. The average molecular weight is 534 g/mol. The number of likely N-dealkylation sites (N-methyl/N-ethyl adjacent to an activating group) is 1. The largest absolute Gasteiger partial charge is 0.497 e. The number of aliphatic hydroxyl groups is 1. The van der Waals surface area contributed by atoms with E-state index in [2.05, 4.69) is 9.88 Å². The number of rotatable bonds is 9. The van der Waals surface area contributed by atoms with Crippen LogP contribution in [0.1, 0.15) is 40.1 Å². The molecule has 0 bridgehead atoms. The molecular formula is C30H35N3O6. The molecule has 0 saturated carbocycles. The molecule has 206 valence electrons. The van der Waals surface area contributed by atoms with Crippen LogP contribution in [0, 0.1) is 5.92 Å². The van der Waals surface area contributed by atoms with E-state index in [9.17, 15) is 14.7 Å². The standard InChI is InChI=1S/C30H35N3O6/c1-19-15-33(20(2)18-34)29(35)26-13-24(22-9-11-25(38-4)12-10-22)14-31-28(26)39-27(19)17-32(3)16-21-5-7-23(8-6-21)30(36)37/h5-14,19-20,27,34H,15-18H2,1-4H3,(H,36,37)/t19-,20+,27+/m1/s1. The van der Waals surface area contributed by atoms with Gasteiger partial charge >= 0.3 is 5.97 Å². The van der Waals surface area contributed by atoms with E-state index in [1.165, 1.54) is 0 Å². The molecular weight excluding hydrogens is 498 g/mol. The highest BCUT2D eigenvalue weighted by Crippen LogP contribution is 2.31. The number of fused-ring (bicyclic) bond motifs is 1. The van der Waals surface area contributed by atoms with Crippen molar-refractivity contribution < 1.29 is 29.3 Å². The fourth-order valence-corrected chi connectivity index (χ4v) is 4.70. The number of ether oxygens (including phenoxy) is 2. The first-order valence-corrected chi connectivity index (χ1v) is 12.9. The summed E-state index contributed by atoms with van der Waals surface area (Å²) in [5.74, 6) is -0.228. The van der Waals surface area contributed by atoms with Crippen molar-refractivity contribution in [3.63, 3.8) is 0 Å². The first-order chi connectivity index (χ1) is 18.7. The van der Waals surface area contributed by atoms with Crippen LogP contribution in [0.2, 0.25) is 0 Å². The lowest BCUT2D eigenvalue weighted by Gasteiger charge is -2.37. The van der Waals surface area contributed by atoms with Crippen LogP contribution >= 0.6 is 0 Å². The fourth-order valence-electron chi connectivity index (χ4n) is 4.70. The highest BCUT2D eigenvalue weighted by Gasteiger charge is 2.34. The molecule has 2 heterocycles. The third-order valence-corrected chi connectivity index (χ3v) is 7.09. The molecule has 9 nitrogen and oxygen atoms in total. The maximum atomic E-state index is 13.7. The van der Waals surface area contributed by atoms with E-state index in [1.807, 2.05) is 57.3 Å². The lowest BCUT2D eigenvalue weighted by Crippen LogP contribution is -2.49. The number of aliphatic hydroxyl groups excluding tert-OH is 1. The van der Waals surface area contributed by atoms with Crippen molar-refractivity contribution in [1.82, 2.24) is 14.8 Å². The summed E-state index contributed by atoms with van der Waals surface area (Å²) in [4.78, 5) is 33.2. The van der Waals surface area contributed by atoms with Gasteiger partial charge in [0.15, 0.2) is 0 Å². The van der Waals surface area contributed by atoms with Crippen molar-refractivity contribution in [3.8, 4) is 22.8 Å². The minimum absolute atomic E-state index is 0.0454. The van der Waals surface area contributed by atoms with Gasteiger partial charge in [0.1, 0.15) is 17.4 Å². The van der Waals surface area contributed by atoms with E-state index >= 15 is 0 Å². The second kappa shape index (κ2) is 12.3. The van der Waals surface area contributed by atoms with Crippen LogP contribution < -0.4 is 9.47 Å². The molecule has 1 amide bonds. The van der Waals surface area contributed by atoms with Gasteiger partial charge in [-0.2, -0.15) is 0 Å². The van der Waals surface area contributed by atoms with Gasteiger partial charge in [0, 0.05) is 37.3 Å². The van der Waals surface area contributed by atoms with Crippen LogP contribution in [0.5, 0.6) is 11.6 Å². The Kier molecular flexibility index (Phi) is 8.83. The fraction of sp³-hybridized carbons (Fsp3) is 0.367. The SMILES string of the molecule is COc1ccc(-c2cnc3c(c2)C(=O)N([C@@H](C)CO)C[C@@H](C)[C@H](CN(C)Cc2ccc(C(=O)O)cc2)O3)cc1. The summed E-state index contributed by atoms with van der Waals surface area (Å²) in [7, 11) is 3.58. The Morgan fingerprint density at radius 3 is 2.49 bits per heavy atom. The van der Waals surface area contributed by atoms with Gasteiger partial charge in [0.25, 0.3) is 5.91 Å². The summed E-state index contributed by atoms with van der Waals surface area (Å²) >= 11 is 0. The first-order valence-electron chi connectivity index (χ1n) is 12.9. The number of benzene rings is 2. The molecule has 0 radical (unpaired) electrons. The van der Waals surface area contributed by atoms with Crippen molar-refractivity contribution in [1.29, 1.82) is 0 Å². The van der Waals surface area contributed by atoms with Crippen LogP contribution in [-0.2, 0) is 6.54 Å². The number of hydrogen-bond donors (Lipinski definition) is 2. The molecule has 0 aliphatic carbocycles. The normalized spacial score (nSPS) is 18.1. The van der Waals surface area contributed by atoms with Crippen molar-refractivity contribution in [2.45, 2.75) is 32.5 Å². The van der Waals surface area contributed by atoms with Gasteiger partial charge in [-0.15, -0.1) is 0 Å². The number of amides is 1. The highest BCUT2D eigenvalue weighted by atomic mass is 16.5. The molecule has 0 fully saturated rings. The second-order valence-electron chi connectivity index (χ2n) is 10.1. The Hall–Kier alpha value is -3.95. The molecule has 39 heavy (non-hydrogen) atoms. The highest BCUT2D eigenvalue weighted by molar-refractivity contribution is 5.98. The Morgan fingerprint density at radius 2 is 1.87 bits per heavy atom. The summed E-state index contributed by atoms with van der Waals surface area (Å²) < 4.78 is 11.7. The number of aromatic nitrogens is 1. The lowest BCUT2D eigenvalue weighted by atomic mass is 9.99. The van der Waals surface area contributed by atoms with Gasteiger partial charge in [-0.05, 0) is 55.4 Å². The molecule has 3 atom stereocenters. The summed E-state index contributed by atoms with van der Waals surface area (Å²) in [6.45, 7) is 5.27. The maximum absolute atomic E-state index is 13.7. The smallest absolute Gasteiger partial charge is 0.335 e. The molecule has 0 spiro atoms. The predicted molar refractivity (Wildman–Crippen MR) is 147 cm³/mol. The molecule has 4 rings (SSSR count). The molecule has 0 saturated heterocycles. The van der Waals surface area contributed by atoms with Crippen LogP contribution in [-0.4, -0.2) is 82.9 Å². The number of carboxylic acids is 1. The van der Waals surface area contributed by atoms with E-state index in [0.717, 1.165) is 22.4 Å². The zero-order chi connectivity index (χ0) is 28.1. The Bertz CT molecular complexity index is 1300. The van der Waals surface area contributed by atoms with Crippen molar-refractivity contribution in [3.05, 3.63) is 77.5 Å². The zero-order valence-corrected chi connectivity index (χ0v) is 22.7. The maximum Gasteiger partial charge on any atom is 0.335 e. The molecule has 1 aliphatic rings. The van der Waals surface area contributed by atoms with Gasteiger partial charge in [0.05, 0.1) is 25.3 Å². The topological polar surface area (TPSA) is 112 Å². The Morgan fingerprint density at radius 1 is 1.18 bits per heavy atom. The quantitative estimate of drug-likeness (QED) is 0.427. The third-order valence-electron chi connectivity index (χ3n) is 7.09. The number of aromatic carboxylic acids is 1. The minimum atomic E-state index is -0.954. The molecule has 2 N–H and O–H groups in total. The number of carbonyl (C=O) groups excluding carboxylic acids is 1.